The molecular formula is C10H15BrN2O2S. The average Bonchev–Trinajstić information content (AvgIpc) is 2.64. The van der Waals surface area contributed by atoms with Crippen LogP contribution in [0.4, 0.5) is 0 Å². The lowest BCUT2D eigenvalue weighted by Gasteiger charge is -2.06. The smallest absolute Gasteiger partial charge is 0.182 e. The van der Waals surface area contributed by atoms with Crippen molar-refractivity contribution in [3.8, 4) is 0 Å². The number of carbonyl (C=O) groups is 1. The summed E-state index contributed by atoms with van der Waals surface area (Å²) in [7, 11) is 1.63. The molecule has 1 rings (SSSR count). The van der Waals surface area contributed by atoms with Gasteiger partial charge in [-0.25, -0.2) is 0 Å². The maximum atomic E-state index is 11.9. The summed E-state index contributed by atoms with van der Waals surface area (Å²) < 4.78 is 7.43. The summed E-state index contributed by atoms with van der Waals surface area (Å²) in [5, 5.41) is 4.14. The molecule has 1 heterocycles. The number of thioether (sulfide) groups is 1. The van der Waals surface area contributed by atoms with Crippen LogP contribution >= 0.6 is 27.7 Å². The summed E-state index contributed by atoms with van der Waals surface area (Å²) in [6.07, 6.45) is 4.19. The highest BCUT2D eigenvalue weighted by Crippen LogP contribution is 2.18. The van der Waals surface area contributed by atoms with Gasteiger partial charge in [0.1, 0.15) is 5.69 Å². The first-order valence-corrected chi connectivity index (χ1v) is 7.11. The van der Waals surface area contributed by atoms with Crippen molar-refractivity contribution in [2.24, 2.45) is 0 Å². The Morgan fingerprint density at radius 3 is 3.06 bits per heavy atom. The number of rotatable bonds is 7. The van der Waals surface area contributed by atoms with Crippen LogP contribution in [0, 0.1) is 0 Å². The summed E-state index contributed by atoms with van der Waals surface area (Å²) >= 11 is 5.02. The first kappa shape index (κ1) is 13.7. The Morgan fingerprint density at radius 1 is 1.69 bits per heavy atom. The molecule has 0 N–H and O–H groups in total. The number of ketones is 1. The van der Waals surface area contributed by atoms with Crippen molar-refractivity contribution in [1.82, 2.24) is 9.78 Å². The van der Waals surface area contributed by atoms with E-state index in [1.807, 2.05) is 6.26 Å². The Bertz CT molecular complexity index is 355. The first-order valence-electron chi connectivity index (χ1n) is 4.93. The zero-order valence-corrected chi connectivity index (χ0v) is 11.8. The molecule has 6 heteroatoms. The summed E-state index contributed by atoms with van der Waals surface area (Å²) in [4.78, 5) is 11.9. The van der Waals surface area contributed by atoms with Gasteiger partial charge >= 0.3 is 0 Å². The number of methoxy groups -OCH3 is 1. The van der Waals surface area contributed by atoms with Crippen LogP contribution in [0.15, 0.2) is 10.7 Å². The number of hydrogen-bond donors (Lipinski definition) is 0. The number of hydrogen-bond acceptors (Lipinski definition) is 4. The van der Waals surface area contributed by atoms with Crippen molar-refractivity contribution >= 4 is 33.5 Å². The third kappa shape index (κ3) is 3.61. The minimum absolute atomic E-state index is 0.120. The number of halogens is 1. The van der Waals surface area contributed by atoms with E-state index in [0.29, 0.717) is 25.3 Å². The van der Waals surface area contributed by atoms with Crippen LogP contribution in [0.3, 0.4) is 0 Å². The fraction of sp³-hybridized carbons (Fsp3) is 0.600. The third-order valence-electron chi connectivity index (χ3n) is 2.10. The van der Waals surface area contributed by atoms with Gasteiger partial charge in [-0.1, -0.05) is 0 Å². The molecule has 0 fully saturated rings. The molecule has 0 aliphatic rings. The Hall–Kier alpha value is -0.330. The van der Waals surface area contributed by atoms with E-state index in [1.165, 1.54) is 0 Å². The maximum absolute atomic E-state index is 11.9. The highest BCUT2D eigenvalue weighted by molar-refractivity contribution is 9.10. The zero-order chi connectivity index (χ0) is 12.0. The van der Waals surface area contributed by atoms with Crippen molar-refractivity contribution in [3.05, 3.63) is 16.4 Å². The summed E-state index contributed by atoms with van der Waals surface area (Å²) in [6, 6.07) is 0. The van der Waals surface area contributed by atoms with Crippen molar-refractivity contribution < 1.29 is 9.53 Å². The van der Waals surface area contributed by atoms with Crippen LogP contribution in [0.1, 0.15) is 16.9 Å². The lowest BCUT2D eigenvalue weighted by Crippen LogP contribution is -2.14. The normalized spacial score (nSPS) is 10.7. The lowest BCUT2D eigenvalue weighted by molar-refractivity contribution is 0.0974. The lowest BCUT2D eigenvalue weighted by atomic mass is 10.2. The molecule has 0 atom stereocenters. The van der Waals surface area contributed by atoms with Gasteiger partial charge in [0.15, 0.2) is 5.78 Å². The SMILES string of the molecule is COCCn1ncc(Br)c1C(=O)CCSC. The van der Waals surface area contributed by atoms with Crippen LogP contribution in [-0.2, 0) is 11.3 Å². The standard InChI is InChI=1S/C10H15BrN2O2S/c1-15-5-4-13-10(8(11)7-12-13)9(14)3-6-16-2/h7H,3-6H2,1-2H3. The van der Waals surface area contributed by atoms with Crippen molar-refractivity contribution in [2.45, 2.75) is 13.0 Å². The van der Waals surface area contributed by atoms with E-state index in [0.717, 1.165) is 10.2 Å². The average molecular weight is 307 g/mol. The van der Waals surface area contributed by atoms with E-state index in [2.05, 4.69) is 21.0 Å². The van der Waals surface area contributed by atoms with Crippen molar-refractivity contribution in [2.75, 3.05) is 25.7 Å². The molecule has 0 saturated heterocycles. The van der Waals surface area contributed by atoms with Gasteiger partial charge in [-0.05, 0) is 22.2 Å². The molecular weight excluding hydrogens is 292 g/mol. The summed E-state index contributed by atoms with van der Waals surface area (Å²) in [5.74, 6) is 0.954. The molecule has 0 aliphatic carbocycles. The second kappa shape index (κ2) is 7.09. The Kier molecular flexibility index (Phi) is 6.08. The molecule has 0 unspecified atom stereocenters. The van der Waals surface area contributed by atoms with Gasteiger partial charge < -0.3 is 4.74 Å². The largest absolute Gasteiger partial charge is 0.383 e. The number of carbonyl (C=O) groups excluding carboxylic acids is 1. The fourth-order valence-corrected chi connectivity index (χ4v) is 2.21. The molecule has 1 aromatic heterocycles. The van der Waals surface area contributed by atoms with Gasteiger partial charge in [0.05, 0.1) is 23.8 Å². The van der Waals surface area contributed by atoms with Gasteiger partial charge in [0.25, 0.3) is 0 Å². The fourth-order valence-electron chi connectivity index (χ4n) is 1.30. The number of Topliss-reactive ketones (excluding diaryl/α,β-unsaturated/α-hetero) is 1. The molecule has 90 valence electrons. The Balaban J connectivity index is 2.75. The molecule has 4 nitrogen and oxygen atoms in total. The highest BCUT2D eigenvalue weighted by Gasteiger charge is 2.16. The van der Waals surface area contributed by atoms with Gasteiger partial charge in [0, 0.05) is 19.3 Å². The van der Waals surface area contributed by atoms with Gasteiger partial charge in [-0.3, -0.25) is 9.48 Å². The Labute approximate surface area is 108 Å². The molecule has 0 bridgehead atoms. The number of nitrogens with zero attached hydrogens (tertiary/aromatic N) is 2. The molecule has 0 aromatic carbocycles. The predicted molar refractivity (Wildman–Crippen MR) is 69.1 cm³/mol. The second-order valence-corrected chi connectivity index (χ2v) is 5.06. The van der Waals surface area contributed by atoms with Gasteiger partial charge in [0.2, 0.25) is 0 Å². The van der Waals surface area contributed by atoms with Crippen molar-refractivity contribution in [1.29, 1.82) is 0 Å². The molecule has 0 radical (unpaired) electrons. The topological polar surface area (TPSA) is 44.1 Å². The van der Waals surface area contributed by atoms with E-state index in [4.69, 9.17) is 4.74 Å². The first-order chi connectivity index (χ1) is 7.70. The van der Waals surface area contributed by atoms with E-state index >= 15 is 0 Å². The predicted octanol–water partition coefficient (Wildman–Crippen LogP) is 2.23. The molecule has 16 heavy (non-hydrogen) atoms. The highest BCUT2D eigenvalue weighted by atomic mass is 79.9. The monoisotopic (exact) mass is 306 g/mol. The van der Waals surface area contributed by atoms with E-state index in [1.54, 1.807) is 29.8 Å². The quantitative estimate of drug-likeness (QED) is 0.725. The molecule has 0 aliphatic heterocycles. The van der Waals surface area contributed by atoms with Gasteiger partial charge in [-0.2, -0.15) is 16.9 Å². The molecule has 1 aromatic rings. The second-order valence-electron chi connectivity index (χ2n) is 3.22. The van der Waals surface area contributed by atoms with Crippen molar-refractivity contribution in [3.63, 3.8) is 0 Å². The van der Waals surface area contributed by atoms with E-state index in [9.17, 15) is 4.79 Å². The van der Waals surface area contributed by atoms with E-state index in [-0.39, 0.29) is 5.78 Å². The van der Waals surface area contributed by atoms with Gasteiger partial charge in [-0.15, -0.1) is 0 Å². The van der Waals surface area contributed by atoms with Crippen LogP contribution < -0.4 is 0 Å². The minimum atomic E-state index is 0.120. The molecule has 0 amide bonds. The third-order valence-corrected chi connectivity index (χ3v) is 3.29. The number of aromatic nitrogens is 2. The van der Waals surface area contributed by atoms with Crippen LogP contribution in [0.25, 0.3) is 0 Å². The summed E-state index contributed by atoms with van der Waals surface area (Å²) in [5.41, 5.74) is 0.645. The van der Waals surface area contributed by atoms with Crippen LogP contribution in [0.2, 0.25) is 0 Å². The van der Waals surface area contributed by atoms with Crippen LogP contribution in [-0.4, -0.2) is 41.3 Å². The molecule has 0 saturated carbocycles. The Morgan fingerprint density at radius 2 is 2.44 bits per heavy atom. The minimum Gasteiger partial charge on any atom is -0.383 e. The van der Waals surface area contributed by atoms with E-state index < -0.39 is 0 Å². The molecule has 0 spiro atoms. The summed E-state index contributed by atoms with van der Waals surface area (Å²) in [6.45, 7) is 1.15. The maximum Gasteiger partial charge on any atom is 0.182 e. The van der Waals surface area contributed by atoms with Crippen LogP contribution in [0.5, 0.6) is 0 Å². The number of ether oxygens (including phenoxy) is 1. The zero-order valence-electron chi connectivity index (χ0n) is 9.40.